The molecule has 2 rings (SSSR count). The van der Waals surface area contributed by atoms with E-state index in [1.807, 2.05) is 6.08 Å². The van der Waals surface area contributed by atoms with Crippen LogP contribution >= 0.6 is 0 Å². The van der Waals surface area contributed by atoms with Crippen molar-refractivity contribution in [2.24, 2.45) is 0 Å². The molecular weight excluding hydrogens is 198 g/mol. The van der Waals surface area contributed by atoms with E-state index in [0.29, 0.717) is 6.04 Å². The second-order valence-corrected chi connectivity index (χ2v) is 4.26. The van der Waals surface area contributed by atoms with Crippen molar-refractivity contribution >= 4 is 0 Å². The Kier molecular flexibility index (Phi) is 3.75. The molecule has 0 radical (unpaired) electrons. The highest BCUT2D eigenvalue weighted by Crippen LogP contribution is 2.35. The van der Waals surface area contributed by atoms with Crippen molar-refractivity contribution in [2.75, 3.05) is 19.7 Å². The standard InChI is InChI=1S/C14H19NO/c1-2-9-15(10-11-16)14-8-7-12-5-3-4-6-13(12)14/h2-6,14,16H,1,7-11H2. The van der Waals surface area contributed by atoms with Gasteiger partial charge in [-0.1, -0.05) is 30.3 Å². The van der Waals surface area contributed by atoms with Gasteiger partial charge in [-0.25, -0.2) is 0 Å². The summed E-state index contributed by atoms with van der Waals surface area (Å²) in [5.41, 5.74) is 2.89. The summed E-state index contributed by atoms with van der Waals surface area (Å²) in [7, 11) is 0. The van der Waals surface area contributed by atoms with E-state index in [-0.39, 0.29) is 6.61 Å². The van der Waals surface area contributed by atoms with E-state index >= 15 is 0 Å². The predicted octanol–water partition coefficient (Wildman–Crippen LogP) is 2.15. The number of benzene rings is 1. The molecule has 16 heavy (non-hydrogen) atoms. The first-order valence-electron chi connectivity index (χ1n) is 5.90. The normalized spacial score (nSPS) is 18.8. The Balaban J connectivity index is 2.18. The van der Waals surface area contributed by atoms with E-state index in [2.05, 4.69) is 35.7 Å². The first-order chi connectivity index (χ1) is 7.86. The van der Waals surface area contributed by atoms with E-state index in [4.69, 9.17) is 5.11 Å². The van der Waals surface area contributed by atoms with E-state index < -0.39 is 0 Å². The first-order valence-corrected chi connectivity index (χ1v) is 5.90. The molecule has 1 aliphatic rings. The molecular formula is C14H19NO. The van der Waals surface area contributed by atoms with Gasteiger partial charge >= 0.3 is 0 Å². The zero-order chi connectivity index (χ0) is 11.4. The fourth-order valence-electron chi connectivity index (χ4n) is 2.58. The van der Waals surface area contributed by atoms with Crippen LogP contribution in [0.3, 0.4) is 0 Å². The van der Waals surface area contributed by atoms with Crippen molar-refractivity contribution in [3.8, 4) is 0 Å². The fraction of sp³-hybridized carbons (Fsp3) is 0.429. The van der Waals surface area contributed by atoms with Crippen LogP contribution in [0.2, 0.25) is 0 Å². The van der Waals surface area contributed by atoms with Gasteiger partial charge in [-0.2, -0.15) is 0 Å². The minimum absolute atomic E-state index is 0.215. The summed E-state index contributed by atoms with van der Waals surface area (Å²) in [6.45, 7) is 5.58. The Bertz CT molecular complexity index is 362. The van der Waals surface area contributed by atoms with Crippen molar-refractivity contribution in [1.29, 1.82) is 0 Å². The maximum Gasteiger partial charge on any atom is 0.0558 e. The van der Waals surface area contributed by atoms with Crippen LogP contribution in [0, 0.1) is 0 Å². The van der Waals surface area contributed by atoms with Crippen LogP contribution in [-0.4, -0.2) is 29.7 Å². The maximum absolute atomic E-state index is 9.10. The van der Waals surface area contributed by atoms with Gasteiger partial charge in [0.25, 0.3) is 0 Å². The van der Waals surface area contributed by atoms with Crippen molar-refractivity contribution in [3.63, 3.8) is 0 Å². The van der Waals surface area contributed by atoms with Crippen LogP contribution in [0.25, 0.3) is 0 Å². The van der Waals surface area contributed by atoms with Gasteiger partial charge in [0.2, 0.25) is 0 Å². The summed E-state index contributed by atoms with van der Waals surface area (Å²) >= 11 is 0. The van der Waals surface area contributed by atoms with Crippen molar-refractivity contribution in [1.82, 2.24) is 4.90 Å². The molecule has 0 spiro atoms. The van der Waals surface area contributed by atoms with Crippen molar-refractivity contribution < 1.29 is 5.11 Å². The Hall–Kier alpha value is -1.12. The van der Waals surface area contributed by atoms with E-state index in [1.165, 1.54) is 11.1 Å². The molecule has 1 atom stereocenters. The van der Waals surface area contributed by atoms with Crippen LogP contribution in [0.1, 0.15) is 23.6 Å². The Labute approximate surface area is 97.2 Å². The molecule has 0 fully saturated rings. The van der Waals surface area contributed by atoms with Gasteiger partial charge in [-0.15, -0.1) is 6.58 Å². The van der Waals surface area contributed by atoms with Crippen LogP contribution in [0.15, 0.2) is 36.9 Å². The number of fused-ring (bicyclic) bond motifs is 1. The second kappa shape index (κ2) is 5.28. The fourth-order valence-corrected chi connectivity index (χ4v) is 2.58. The maximum atomic E-state index is 9.10. The van der Waals surface area contributed by atoms with Crippen LogP contribution < -0.4 is 0 Å². The van der Waals surface area contributed by atoms with E-state index in [9.17, 15) is 0 Å². The largest absolute Gasteiger partial charge is 0.395 e. The SMILES string of the molecule is C=CCN(CCO)C1CCc2ccccc21. The lowest BCUT2D eigenvalue weighted by molar-refractivity contribution is 0.164. The van der Waals surface area contributed by atoms with Crippen LogP contribution in [-0.2, 0) is 6.42 Å². The average molecular weight is 217 g/mol. The smallest absolute Gasteiger partial charge is 0.0558 e. The third-order valence-electron chi connectivity index (χ3n) is 3.29. The molecule has 0 saturated carbocycles. The number of aryl methyl sites for hydroxylation is 1. The quantitative estimate of drug-likeness (QED) is 0.764. The minimum Gasteiger partial charge on any atom is -0.395 e. The molecule has 0 saturated heterocycles. The Morgan fingerprint density at radius 1 is 1.44 bits per heavy atom. The third-order valence-corrected chi connectivity index (χ3v) is 3.29. The monoisotopic (exact) mass is 217 g/mol. The number of aliphatic hydroxyl groups excluding tert-OH is 1. The molecule has 1 aromatic carbocycles. The van der Waals surface area contributed by atoms with Crippen LogP contribution in [0.4, 0.5) is 0 Å². The van der Waals surface area contributed by atoms with E-state index in [0.717, 1.165) is 25.9 Å². The number of hydrogen-bond acceptors (Lipinski definition) is 2. The molecule has 0 heterocycles. The summed E-state index contributed by atoms with van der Waals surface area (Å²) in [5.74, 6) is 0. The van der Waals surface area contributed by atoms with Gasteiger partial charge < -0.3 is 5.11 Å². The Morgan fingerprint density at radius 2 is 2.25 bits per heavy atom. The summed E-state index contributed by atoms with van der Waals surface area (Å²) < 4.78 is 0. The van der Waals surface area contributed by atoms with Crippen molar-refractivity contribution in [3.05, 3.63) is 48.0 Å². The predicted molar refractivity (Wildman–Crippen MR) is 66.4 cm³/mol. The topological polar surface area (TPSA) is 23.5 Å². The summed E-state index contributed by atoms with van der Waals surface area (Å²) in [6, 6.07) is 9.08. The van der Waals surface area contributed by atoms with Crippen LogP contribution in [0.5, 0.6) is 0 Å². The molecule has 1 N–H and O–H groups in total. The molecule has 2 nitrogen and oxygen atoms in total. The molecule has 0 amide bonds. The molecule has 0 aromatic heterocycles. The van der Waals surface area contributed by atoms with Crippen molar-refractivity contribution in [2.45, 2.75) is 18.9 Å². The molecule has 86 valence electrons. The van der Waals surface area contributed by atoms with Gasteiger partial charge in [0, 0.05) is 19.1 Å². The van der Waals surface area contributed by atoms with Gasteiger partial charge in [-0.05, 0) is 24.0 Å². The minimum atomic E-state index is 0.215. The third kappa shape index (κ3) is 2.18. The number of aliphatic hydroxyl groups is 1. The van der Waals surface area contributed by atoms with Gasteiger partial charge in [0.1, 0.15) is 0 Å². The van der Waals surface area contributed by atoms with Gasteiger partial charge in [0.15, 0.2) is 0 Å². The summed E-state index contributed by atoms with van der Waals surface area (Å²) in [4.78, 5) is 2.30. The van der Waals surface area contributed by atoms with E-state index in [1.54, 1.807) is 0 Å². The summed E-state index contributed by atoms with van der Waals surface area (Å²) in [5, 5.41) is 9.10. The Morgan fingerprint density at radius 3 is 3.00 bits per heavy atom. The highest BCUT2D eigenvalue weighted by atomic mass is 16.3. The molecule has 0 aliphatic heterocycles. The lowest BCUT2D eigenvalue weighted by Gasteiger charge is -2.27. The molecule has 0 bridgehead atoms. The van der Waals surface area contributed by atoms with Gasteiger partial charge in [-0.3, -0.25) is 4.90 Å². The molecule has 1 unspecified atom stereocenters. The zero-order valence-electron chi connectivity index (χ0n) is 9.60. The lowest BCUT2D eigenvalue weighted by atomic mass is 10.1. The number of hydrogen-bond donors (Lipinski definition) is 1. The zero-order valence-corrected chi connectivity index (χ0v) is 9.60. The first kappa shape index (κ1) is 11.4. The highest BCUT2D eigenvalue weighted by Gasteiger charge is 2.26. The number of rotatable bonds is 5. The molecule has 2 heteroatoms. The lowest BCUT2D eigenvalue weighted by Crippen LogP contribution is -2.30. The highest BCUT2D eigenvalue weighted by molar-refractivity contribution is 5.34. The molecule has 1 aliphatic carbocycles. The second-order valence-electron chi connectivity index (χ2n) is 4.26. The summed E-state index contributed by atoms with van der Waals surface area (Å²) in [6.07, 6.45) is 4.23. The number of nitrogens with zero attached hydrogens (tertiary/aromatic N) is 1. The van der Waals surface area contributed by atoms with Gasteiger partial charge in [0.05, 0.1) is 6.61 Å². The average Bonchev–Trinajstić information content (AvgIpc) is 2.72. The molecule has 1 aromatic rings.